The quantitative estimate of drug-likeness (QED) is 0.626. The third-order valence-electron chi connectivity index (χ3n) is 1.97. The van der Waals surface area contributed by atoms with Crippen molar-refractivity contribution in [2.24, 2.45) is 0 Å². The van der Waals surface area contributed by atoms with E-state index in [0.29, 0.717) is 0 Å². The third-order valence-corrected chi connectivity index (χ3v) is 4.30. The number of nitrogens with zero attached hydrogens (tertiary/aromatic N) is 2. The van der Waals surface area contributed by atoms with Crippen LogP contribution in [-0.4, -0.2) is 25.8 Å². The first-order chi connectivity index (χ1) is 8.02. The Morgan fingerprint density at radius 1 is 1.29 bits per heavy atom. The highest BCUT2D eigenvalue weighted by atomic mass is 79.9. The van der Waals surface area contributed by atoms with Gasteiger partial charge in [-0.15, -0.1) is 6.42 Å². The van der Waals surface area contributed by atoms with Crippen LogP contribution in [0.15, 0.2) is 33.6 Å². The average molecular weight is 313 g/mol. The Kier molecular flexibility index (Phi) is 4.71. The van der Waals surface area contributed by atoms with Crippen molar-refractivity contribution in [1.29, 1.82) is 5.26 Å². The predicted octanol–water partition coefficient (Wildman–Crippen LogP) is 1.60. The van der Waals surface area contributed by atoms with Gasteiger partial charge in [0.2, 0.25) is 10.0 Å². The van der Waals surface area contributed by atoms with Crippen LogP contribution in [0.4, 0.5) is 0 Å². The van der Waals surface area contributed by atoms with Crippen LogP contribution in [0.25, 0.3) is 0 Å². The van der Waals surface area contributed by atoms with Gasteiger partial charge in [-0.3, -0.25) is 0 Å². The SMILES string of the molecule is C#CCN(CC#N)S(=O)(=O)c1ccc(Br)cc1. The van der Waals surface area contributed by atoms with Gasteiger partial charge in [0, 0.05) is 4.47 Å². The van der Waals surface area contributed by atoms with Crippen molar-refractivity contribution in [3.8, 4) is 18.4 Å². The summed E-state index contributed by atoms with van der Waals surface area (Å²) in [6, 6.07) is 7.94. The van der Waals surface area contributed by atoms with Crippen LogP contribution in [0.2, 0.25) is 0 Å². The zero-order valence-electron chi connectivity index (χ0n) is 8.80. The fourth-order valence-corrected chi connectivity index (χ4v) is 2.68. The molecule has 1 rings (SSSR count). The Hall–Kier alpha value is -1.34. The van der Waals surface area contributed by atoms with E-state index < -0.39 is 10.0 Å². The van der Waals surface area contributed by atoms with E-state index in [4.69, 9.17) is 11.7 Å². The van der Waals surface area contributed by atoms with Crippen molar-refractivity contribution in [3.05, 3.63) is 28.7 Å². The normalized spacial score (nSPS) is 10.8. The average Bonchev–Trinajstić information content (AvgIpc) is 2.29. The summed E-state index contributed by atoms with van der Waals surface area (Å²) in [5.41, 5.74) is 0. The summed E-state index contributed by atoms with van der Waals surface area (Å²) in [5.74, 6) is 2.23. The number of sulfonamides is 1. The van der Waals surface area contributed by atoms with Crippen molar-refractivity contribution in [2.75, 3.05) is 13.1 Å². The van der Waals surface area contributed by atoms with E-state index in [2.05, 4.69) is 21.9 Å². The van der Waals surface area contributed by atoms with E-state index in [0.717, 1.165) is 8.78 Å². The van der Waals surface area contributed by atoms with Gasteiger partial charge in [0.15, 0.2) is 0 Å². The number of hydrogen-bond acceptors (Lipinski definition) is 3. The molecule has 6 heteroatoms. The zero-order chi connectivity index (χ0) is 12.9. The Morgan fingerprint density at radius 2 is 1.88 bits per heavy atom. The van der Waals surface area contributed by atoms with Crippen LogP contribution in [0.5, 0.6) is 0 Å². The minimum Gasteiger partial charge on any atom is -0.207 e. The highest BCUT2D eigenvalue weighted by Gasteiger charge is 2.23. The maximum absolute atomic E-state index is 12.1. The smallest absolute Gasteiger partial charge is 0.207 e. The van der Waals surface area contributed by atoms with Crippen LogP contribution < -0.4 is 0 Å². The molecular formula is C11H9BrN2O2S. The highest BCUT2D eigenvalue weighted by Crippen LogP contribution is 2.18. The first-order valence-electron chi connectivity index (χ1n) is 4.58. The van der Waals surface area contributed by atoms with Crippen molar-refractivity contribution >= 4 is 26.0 Å². The molecule has 0 saturated carbocycles. The zero-order valence-corrected chi connectivity index (χ0v) is 11.2. The fraction of sp³-hybridized carbons (Fsp3) is 0.182. The molecule has 0 N–H and O–H groups in total. The van der Waals surface area contributed by atoms with Crippen LogP contribution >= 0.6 is 15.9 Å². The maximum atomic E-state index is 12.1. The number of nitriles is 1. The van der Waals surface area contributed by atoms with Gasteiger partial charge in [0.05, 0.1) is 17.5 Å². The molecule has 17 heavy (non-hydrogen) atoms. The first-order valence-corrected chi connectivity index (χ1v) is 6.82. The molecule has 0 spiro atoms. The van der Waals surface area contributed by atoms with Crippen LogP contribution in [0.3, 0.4) is 0 Å². The molecular weight excluding hydrogens is 304 g/mol. The van der Waals surface area contributed by atoms with Gasteiger partial charge < -0.3 is 0 Å². The van der Waals surface area contributed by atoms with Gasteiger partial charge in [0.25, 0.3) is 0 Å². The largest absolute Gasteiger partial charge is 0.244 e. The molecule has 0 heterocycles. The molecule has 0 atom stereocenters. The highest BCUT2D eigenvalue weighted by molar-refractivity contribution is 9.10. The summed E-state index contributed by atoms with van der Waals surface area (Å²) in [4.78, 5) is 0.117. The molecule has 0 unspecified atom stereocenters. The first kappa shape index (κ1) is 13.7. The molecule has 1 aromatic rings. The molecule has 0 aliphatic heterocycles. The molecule has 1 aromatic carbocycles. The lowest BCUT2D eigenvalue weighted by molar-refractivity contribution is 0.481. The minimum atomic E-state index is -3.69. The predicted molar refractivity (Wildman–Crippen MR) is 67.3 cm³/mol. The van der Waals surface area contributed by atoms with Crippen molar-refractivity contribution in [3.63, 3.8) is 0 Å². The van der Waals surface area contributed by atoms with E-state index in [9.17, 15) is 8.42 Å². The van der Waals surface area contributed by atoms with E-state index >= 15 is 0 Å². The fourth-order valence-electron chi connectivity index (χ4n) is 1.16. The summed E-state index contributed by atoms with van der Waals surface area (Å²) in [5, 5.41) is 8.59. The van der Waals surface area contributed by atoms with Gasteiger partial charge in [-0.2, -0.15) is 9.57 Å². The van der Waals surface area contributed by atoms with Crippen LogP contribution in [-0.2, 0) is 10.0 Å². The lowest BCUT2D eigenvalue weighted by atomic mass is 10.4. The molecule has 0 radical (unpaired) electrons. The second-order valence-corrected chi connectivity index (χ2v) is 5.94. The summed E-state index contributed by atoms with van der Waals surface area (Å²) < 4.78 is 25.9. The topological polar surface area (TPSA) is 61.2 Å². The molecule has 88 valence electrons. The number of rotatable bonds is 4. The Morgan fingerprint density at radius 3 is 2.35 bits per heavy atom. The summed E-state index contributed by atoms with van der Waals surface area (Å²) in [6.45, 7) is -0.380. The third kappa shape index (κ3) is 3.31. The summed E-state index contributed by atoms with van der Waals surface area (Å²) >= 11 is 3.22. The molecule has 0 aliphatic rings. The van der Waals surface area contributed by atoms with Gasteiger partial charge in [-0.25, -0.2) is 8.42 Å². The molecule has 0 amide bonds. The molecule has 0 bridgehead atoms. The van der Waals surface area contributed by atoms with Gasteiger partial charge in [0.1, 0.15) is 6.54 Å². The van der Waals surface area contributed by atoms with Crippen molar-refractivity contribution in [1.82, 2.24) is 4.31 Å². The number of terminal acetylenes is 1. The van der Waals surface area contributed by atoms with E-state index in [1.807, 2.05) is 0 Å². The molecule has 0 aromatic heterocycles. The van der Waals surface area contributed by atoms with E-state index in [1.165, 1.54) is 12.1 Å². The monoisotopic (exact) mass is 312 g/mol. The molecule has 0 saturated heterocycles. The minimum absolute atomic E-state index is 0.117. The van der Waals surface area contributed by atoms with Gasteiger partial charge in [-0.05, 0) is 24.3 Å². The van der Waals surface area contributed by atoms with Gasteiger partial charge >= 0.3 is 0 Å². The molecule has 4 nitrogen and oxygen atoms in total. The summed E-state index contributed by atoms with van der Waals surface area (Å²) in [6.07, 6.45) is 5.09. The summed E-state index contributed by atoms with van der Waals surface area (Å²) in [7, 11) is -3.69. The Labute approximate surface area is 109 Å². The Bertz CT molecular complexity index is 551. The van der Waals surface area contributed by atoms with E-state index in [1.54, 1.807) is 18.2 Å². The van der Waals surface area contributed by atoms with E-state index in [-0.39, 0.29) is 18.0 Å². The van der Waals surface area contributed by atoms with Crippen molar-refractivity contribution in [2.45, 2.75) is 4.90 Å². The lowest BCUT2D eigenvalue weighted by Gasteiger charge is -2.16. The standard InChI is InChI=1S/C11H9BrN2O2S/c1-2-8-14(9-7-13)17(15,16)11-5-3-10(12)4-6-11/h1,3-6H,8-9H2. The Balaban J connectivity index is 3.13. The van der Waals surface area contributed by atoms with Gasteiger partial charge in [-0.1, -0.05) is 21.9 Å². The van der Waals surface area contributed by atoms with Crippen LogP contribution in [0, 0.1) is 23.7 Å². The molecule has 0 aliphatic carbocycles. The number of halogens is 1. The lowest BCUT2D eigenvalue weighted by Crippen LogP contribution is -2.31. The van der Waals surface area contributed by atoms with Crippen molar-refractivity contribution < 1.29 is 8.42 Å². The van der Waals surface area contributed by atoms with Crippen LogP contribution in [0.1, 0.15) is 0 Å². The second-order valence-electron chi connectivity index (χ2n) is 3.09. The molecule has 0 fully saturated rings. The second kappa shape index (κ2) is 5.83. The number of benzene rings is 1. The number of hydrogen-bond donors (Lipinski definition) is 0. The maximum Gasteiger partial charge on any atom is 0.244 e.